The van der Waals surface area contributed by atoms with Crippen LogP contribution in [0.4, 0.5) is 0 Å². The van der Waals surface area contributed by atoms with Crippen molar-refractivity contribution in [2.24, 2.45) is 5.92 Å². The summed E-state index contributed by atoms with van der Waals surface area (Å²) in [5, 5.41) is 3.67. The summed E-state index contributed by atoms with van der Waals surface area (Å²) in [6, 6.07) is 21.8. The fourth-order valence-electron chi connectivity index (χ4n) is 4.57. The zero-order valence-corrected chi connectivity index (χ0v) is 15.7. The lowest BCUT2D eigenvalue weighted by Gasteiger charge is -2.26. The van der Waals surface area contributed by atoms with E-state index < -0.39 is 0 Å². The monoisotopic (exact) mass is 352 g/mol. The average Bonchev–Trinajstić information content (AvgIpc) is 2.73. The van der Waals surface area contributed by atoms with Crippen molar-refractivity contribution < 1.29 is 0 Å². The summed E-state index contributed by atoms with van der Waals surface area (Å²) in [5.74, 6) is 1.54. The van der Waals surface area contributed by atoms with Gasteiger partial charge in [0, 0.05) is 10.9 Å². The Balaban J connectivity index is 1.67. The molecule has 27 heavy (non-hydrogen) atoms. The molecule has 0 unspecified atom stereocenters. The second-order valence-electron chi connectivity index (χ2n) is 7.98. The topological polar surface area (TPSA) is 25.8 Å². The fraction of sp³-hybridized carbons (Fsp3) is 0.280. The van der Waals surface area contributed by atoms with Crippen molar-refractivity contribution in [2.45, 2.75) is 38.5 Å². The van der Waals surface area contributed by atoms with Crippen LogP contribution in [0.5, 0.6) is 0 Å². The number of nitrogens with zero attached hydrogens (tertiary/aromatic N) is 2. The van der Waals surface area contributed by atoms with Crippen LogP contribution < -0.4 is 0 Å². The summed E-state index contributed by atoms with van der Waals surface area (Å²) in [5.41, 5.74) is 4.71. The molecule has 4 aromatic rings. The molecule has 0 N–H and O–H groups in total. The predicted octanol–water partition coefficient (Wildman–Crippen LogP) is 6.74. The SMILES string of the molecule is CC1CCC(c2ccc3ncnc(-c4cccc5ccccc45)c3c2)CC1. The van der Waals surface area contributed by atoms with Crippen molar-refractivity contribution >= 4 is 21.7 Å². The summed E-state index contributed by atoms with van der Waals surface area (Å²) in [6.07, 6.45) is 6.96. The molecule has 0 saturated heterocycles. The summed E-state index contributed by atoms with van der Waals surface area (Å²) in [7, 11) is 0. The van der Waals surface area contributed by atoms with Crippen LogP contribution >= 0.6 is 0 Å². The van der Waals surface area contributed by atoms with Crippen molar-refractivity contribution in [1.29, 1.82) is 0 Å². The third kappa shape index (κ3) is 2.99. The molecular weight excluding hydrogens is 328 g/mol. The zero-order valence-electron chi connectivity index (χ0n) is 15.7. The highest BCUT2D eigenvalue weighted by Crippen LogP contribution is 2.38. The van der Waals surface area contributed by atoms with Gasteiger partial charge in [0.25, 0.3) is 0 Å². The Bertz CT molecular complexity index is 1100. The minimum atomic E-state index is 0.672. The molecule has 5 rings (SSSR count). The van der Waals surface area contributed by atoms with Gasteiger partial charge in [0.1, 0.15) is 6.33 Å². The van der Waals surface area contributed by atoms with Gasteiger partial charge in [-0.05, 0) is 53.1 Å². The Morgan fingerprint density at radius 2 is 1.59 bits per heavy atom. The van der Waals surface area contributed by atoms with Crippen molar-refractivity contribution in [2.75, 3.05) is 0 Å². The van der Waals surface area contributed by atoms with E-state index in [0.717, 1.165) is 17.1 Å². The lowest BCUT2D eigenvalue weighted by molar-refractivity contribution is 0.348. The fourth-order valence-corrected chi connectivity index (χ4v) is 4.57. The molecule has 0 aliphatic heterocycles. The normalized spacial score (nSPS) is 20.2. The quantitative estimate of drug-likeness (QED) is 0.399. The lowest BCUT2D eigenvalue weighted by atomic mass is 9.79. The van der Waals surface area contributed by atoms with E-state index in [-0.39, 0.29) is 0 Å². The second kappa shape index (κ2) is 6.77. The zero-order chi connectivity index (χ0) is 18.2. The molecule has 0 bridgehead atoms. The summed E-state index contributed by atoms with van der Waals surface area (Å²) in [6.45, 7) is 2.38. The minimum Gasteiger partial charge on any atom is -0.236 e. The Morgan fingerprint density at radius 3 is 2.48 bits per heavy atom. The standard InChI is InChI=1S/C25H24N2/c1-17-9-11-18(12-10-17)20-13-14-24-23(15-20)25(27-16-26-24)22-8-4-6-19-5-2-3-7-21(19)22/h2-8,13-18H,9-12H2,1H3. The van der Waals surface area contributed by atoms with Crippen LogP contribution in [-0.4, -0.2) is 9.97 Å². The Hall–Kier alpha value is -2.74. The van der Waals surface area contributed by atoms with Gasteiger partial charge in [0.15, 0.2) is 0 Å². The molecule has 1 heterocycles. The first-order chi connectivity index (χ1) is 13.3. The van der Waals surface area contributed by atoms with Crippen LogP contribution in [0.2, 0.25) is 0 Å². The van der Waals surface area contributed by atoms with E-state index in [1.807, 2.05) is 0 Å². The second-order valence-corrected chi connectivity index (χ2v) is 7.98. The van der Waals surface area contributed by atoms with Crippen LogP contribution in [-0.2, 0) is 0 Å². The van der Waals surface area contributed by atoms with Crippen LogP contribution in [0.15, 0.2) is 67.0 Å². The summed E-state index contributed by atoms with van der Waals surface area (Å²) < 4.78 is 0. The molecule has 3 aromatic carbocycles. The molecule has 134 valence electrons. The van der Waals surface area contributed by atoms with Gasteiger partial charge in [-0.2, -0.15) is 0 Å². The average molecular weight is 352 g/mol. The van der Waals surface area contributed by atoms with Gasteiger partial charge in [-0.25, -0.2) is 9.97 Å². The molecule has 0 radical (unpaired) electrons. The summed E-state index contributed by atoms with van der Waals surface area (Å²) in [4.78, 5) is 9.25. The molecule has 1 saturated carbocycles. The highest BCUT2D eigenvalue weighted by molar-refractivity contribution is 6.03. The van der Waals surface area contributed by atoms with E-state index >= 15 is 0 Å². The Morgan fingerprint density at radius 1 is 0.778 bits per heavy atom. The number of hydrogen-bond acceptors (Lipinski definition) is 2. The van der Waals surface area contributed by atoms with Crippen LogP contribution in [0, 0.1) is 5.92 Å². The van der Waals surface area contributed by atoms with E-state index in [4.69, 9.17) is 4.98 Å². The number of fused-ring (bicyclic) bond motifs is 2. The summed E-state index contributed by atoms with van der Waals surface area (Å²) >= 11 is 0. The highest BCUT2D eigenvalue weighted by Gasteiger charge is 2.20. The van der Waals surface area contributed by atoms with Crippen LogP contribution in [0.25, 0.3) is 32.9 Å². The number of hydrogen-bond donors (Lipinski definition) is 0. The van der Waals surface area contributed by atoms with Crippen molar-refractivity contribution in [3.8, 4) is 11.3 Å². The molecule has 1 aliphatic rings. The van der Waals surface area contributed by atoms with Gasteiger partial charge in [-0.3, -0.25) is 0 Å². The molecule has 2 nitrogen and oxygen atoms in total. The maximum Gasteiger partial charge on any atom is 0.116 e. The molecule has 0 spiro atoms. The van der Waals surface area contributed by atoms with Gasteiger partial charge in [0.2, 0.25) is 0 Å². The molecule has 0 atom stereocenters. The van der Waals surface area contributed by atoms with Gasteiger partial charge in [-0.1, -0.05) is 68.3 Å². The molecular formula is C25H24N2. The van der Waals surface area contributed by atoms with Gasteiger partial charge in [-0.15, -0.1) is 0 Å². The van der Waals surface area contributed by atoms with Crippen molar-refractivity contribution in [1.82, 2.24) is 9.97 Å². The van der Waals surface area contributed by atoms with Gasteiger partial charge < -0.3 is 0 Å². The van der Waals surface area contributed by atoms with Gasteiger partial charge in [0.05, 0.1) is 11.2 Å². The maximum absolute atomic E-state index is 4.71. The Kier molecular flexibility index (Phi) is 4.12. The molecule has 1 aliphatic carbocycles. The van der Waals surface area contributed by atoms with E-state index in [0.29, 0.717) is 5.92 Å². The predicted molar refractivity (Wildman–Crippen MR) is 113 cm³/mol. The highest BCUT2D eigenvalue weighted by atomic mass is 14.8. The maximum atomic E-state index is 4.71. The number of benzene rings is 3. The van der Waals surface area contributed by atoms with Crippen molar-refractivity contribution in [3.05, 3.63) is 72.6 Å². The lowest BCUT2D eigenvalue weighted by Crippen LogP contribution is -2.10. The van der Waals surface area contributed by atoms with Crippen LogP contribution in [0.3, 0.4) is 0 Å². The van der Waals surface area contributed by atoms with E-state index in [9.17, 15) is 0 Å². The number of aromatic nitrogens is 2. The molecule has 1 aromatic heterocycles. The van der Waals surface area contributed by atoms with E-state index in [1.165, 1.54) is 53.0 Å². The minimum absolute atomic E-state index is 0.672. The Labute approximate surface area is 160 Å². The van der Waals surface area contributed by atoms with Crippen molar-refractivity contribution in [3.63, 3.8) is 0 Å². The number of rotatable bonds is 2. The largest absolute Gasteiger partial charge is 0.236 e. The van der Waals surface area contributed by atoms with Gasteiger partial charge >= 0.3 is 0 Å². The first kappa shape index (κ1) is 16.4. The van der Waals surface area contributed by atoms with Crippen LogP contribution in [0.1, 0.15) is 44.1 Å². The molecule has 2 heteroatoms. The third-order valence-electron chi connectivity index (χ3n) is 6.19. The third-order valence-corrected chi connectivity index (χ3v) is 6.19. The first-order valence-electron chi connectivity index (χ1n) is 10.0. The first-order valence-corrected chi connectivity index (χ1v) is 10.0. The molecule has 0 amide bonds. The van der Waals surface area contributed by atoms with E-state index in [1.54, 1.807) is 6.33 Å². The smallest absolute Gasteiger partial charge is 0.116 e. The van der Waals surface area contributed by atoms with E-state index in [2.05, 4.69) is 72.6 Å². The molecule has 1 fully saturated rings.